The maximum Gasteiger partial charge on any atom is 0.308 e. The van der Waals surface area contributed by atoms with Crippen LogP contribution in [0.1, 0.15) is 25.8 Å². The highest BCUT2D eigenvalue weighted by Gasteiger charge is 2.33. The van der Waals surface area contributed by atoms with Crippen molar-refractivity contribution in [2.75, 3.05) is 11.4 Å². The predicted molar refractivity (Wildman–Crippen MR) is 121 cm³/mol. The molecule has 32 heavy (non-hydrogen) atoms. The molecule has 4 aromatic rings. The first-order chi connectivity index (χ1) is 15.5. The number of hydrogen-bond donors (Lipinski definition) is 0. The summed E-state index contributed by atoms with van der Waals surface area (Å²) < 4.78 is 6.75. The Morgan fingerprint density at radius 3 is 2.50 bits per heavy atom. The van der Waals surface area contributed by atoms with E-state index in [9.17, 15) is 14.4 Å². The fourth-order valence-corrected chi connectivity index (χ4v) is 4.84. The van der Waals surface area contributed by atoms with Gasteiger partial charge in [-0.2, -0.15) is 9.50 Å². The minimum atomic E-state index is -0.461. The van der Waals surface area contributed by atoms with Crippen molar-refractivity contribution >= 4 is 39.4 Å². The van der Waals surface area contributed by atoms with Crippen LogP contribution in [0.2, 0.25) is 0 Å². The van der Waals surface area contributed by atoms with E-state index in [1.807, 2.05) is 31.2 Å². The Morgan fingerprint density at radius 2 is 1.78 bits per heavy atom. The lowest BCUT2D eigenvalue weighted by Crippen LogP contribution is -2.32. The minimum Gasteiger partial charge on any atom is -0.426 e. The number of ether oxygens (including phenoxy) is 1. The molecule has 0 fully saturated rings. The monoisotopic (exact) mass is 446 g/mol. The zero-order valence-electron chi connectivity index (χ0n) is 17.4. The first kappa shape index (κ1) is 20.1. The van der Waals surface area contributed by atoms with Gasteiger partial charge in [0, 0.05) is 19.0 Å². The Labute approximate surface area is 186 Å². The number of aromatic nitrogens is 3. The number of hydrogen-bond acceptors (Lipinski definition) is 7. The number of para-hydroxylation sites is 2. The summed E-state index contributed by atoms with van der Waals surface area (Å²) in [5, 5.41) is 4.35. The molecule has 0 bridgehead atoms. The second-order valence-electron chi connectivity index (χ2n) is 7.30. The molecule has 0 unspecified atom stereocenters. The molecule has 0 saturated carbocycles. The van der Waals surface area contributed by atoms with Crippen LogP contribution in [-0.2, 0) is 9.59 Å². The van der Waals surface area contributed by atoms with Crippen molar-refractivity contribution in [3.05, 3.63) is 69.0 Å². The van der Waals surface area contributed by atoms with E-state index in [2.05, 4.69) is 10.1 Å². The van der Waals surface area contributed by atoms with Gasteiger partial charge >= 0.3 is 5.97 Å². The largest absolute Gasteiger partial charge is 0.426 e. The zero-order valence-corrected chi connectivity index (χ0v) is 18.2. The number of benzene rings is 2. The number of amides is 1. The van der Waals surface area contributed by atoms with Crippen LogP contribution in [0.15, 0.2) is 53.3 Å². The normalized spacial score (nSPS) is 14.8. The van der Waals surface area contributed by atoms with Gasteiger partial charge in [0.2, 0.25) is 4.96 Å². The Hall–Kier alpha value is -3.85. The topological polar surface area (TPSA) is 93.9 Å². The van der Waals surface area contributed by atoms with E-state index in [0.29, 0.717) is 32.9 Å². The van der Waals surface area contributed by atoms with E-state index in [1.165, 1.54) is 11.4 Å². The van der Waals surface area contributed by atoms with Crippen LogP contribution in [0, 0.1) is 0 Å². The molecule has 160 valence electrons. The van der Waals surface area contributed by atoms with E-state index < -0.39 is 11.5 Å². The summed E-state index contributed by atoms with van der Waals surface area (Å²) in [5.74, 6) is -0.0605. The summed E-state index contributed by atoms with van der Waals surface area (Å²) >= 11 is 1.13. The molecule has 2 aromatic heterocycles. The smallest absolute Gasteiger partial charge is 0.308 e. The van der Waals surface area contributed by atoms with Crippen molar-refractivity contribution in [1.82, 2.24) is 14.6 Å². The van der Waals surface area contributed by atoms with Gasteiger partial charge in [0.05, 0.1) is 16.8 Å². The molecular weight excluding hydrogens is 428 g/mol. The van der Waals surface area contributed by atoms with Crippen LogP contribution in [0.5, 0.6) is 5.75 Å². The Balaban J connectivity index is 1.69. The average Bonchev–Trinajstić information content (AvgIpc) is 3.40. The lowest BCUT2D eigenvalue weighted by molar-refractivity contribution is -0.131. The van der Waals surface area contributed by atoms with Crippen LogP contribution in [-0.4, -0.2) is 33.0 Å². The number of carbonyl (C=O) groups is 2. The van der Waals surface area contributed by atoms with Gasteiger partial charge in [-0.25, -0.2) is 0 Å². The molecule has 0 aliphatic carbocycles. The minimum absolute atomic E-state index is 0.185. The SMILES string of the molecule is CCCN1C(=O)/C(=c2\sc3nc(-c4ccccc4OC(C)=O)nn3c2=O)c2ccccc21. The molecule has 1 aliphatic rings. The van der Waals surface area contributed by atoms with E-state index >= 15 is 0 Å². The van der Waals surface area contributed by atoms with Crippen LogP contribution in [0.4, 0.5) is 5.69 Å². The molecule has 1 amide bonds. The Morgan fingerprint density at radius 1 is 1.06 bits per heavy atom. The summed E-state index contributed by atoms with van der Waals surface area (Å²) in [7, 11) is 0. The van der Waals surface area contributed by atoms with E-state index in [-0.39, 0.29) is 11.7 Å². The summed E-state index contributed by atoms with van der Waals surface area (Å²) in [6, 6.07) is 14.3. The lowest BCUT2D eigenvalue weighted by Gasteiger charge is -2.15. The molecule has 0 radical (unpaired) electrons. The number of anilines is 1. The molecule has 8 nitrogen and oxygen atoms in total. The van der Waals surface area contributed by atoms with Gasteiger partial charge in [-0.3, -0.25) is 14.4 Å². The third-order valence-electron chi connectivity index (χ3n) is 5.14. The molecule has 3 heterocycles. The maximum atomic E-state index is 13.2. The van der Waals surface area contributed by atoms with E-state index in [4.69, 9.17) is 4.74 Å². The van der Waals surface area contributed by atoms with Crippen molar-refractivity contribution in [2.24, 2.45) is 0 Å². The predicted octanol–water partition coefficient (Wildman–Crippen LogP) is 2.42. The van der Waals surface area contributed by atoms with Crippen LogP contribution >= 0.6 is 11.3 Å². The highest BCUT2D eigenvalue weighted by Crippen LogP contribution is 2.35. The van der Waals surface area contributed by atoms with Crippen LogP contribution in [0.3, 0.4) is 0 Å². The number of nitrogens with zero attached hydrogens (tertiary/aromatic N) is 4. The summed E-state index contributed by atoms with van der Waals surface area (Å²) in [5.41, 5.74) is 2.05. The molecule has 0 spiro atoms. The second kappa shape index (κ2) is 7.69. The number of esters is 1. The third kappa shape index (κ3) is 3.09. The second-order valence-corrected chi connectivity index (χ2v) is 8.28. The lowest BCUT2D eigenvalue weighted by atomic mass is 10.1. The van der Waals surface area contributed by atoms with Crippen molar-refractivity contribution in [1.29, 1.82) is 0 Å². The summed E-state index contributed by atoms with van der Waals surface area (Å²) in [4.78, 5) is 44.4. The van der Waals surface area contributed by atoms with Gasteiger partial charge in [-0.05, 0) is 24.6 Å². The standard InChI is InChI=1S/C23H18N4O4S/c1-3-12-26-16-10-6-4-8-14(16)18(21(26)29)19-22(30)27-23(32-19)24-20(25-27)15-9-5-7-11-17(15)31-13(2)28/h4-11H,3,12H2,1-2H3/b19-18-. The van der Waals surface area contributed by atoms with Gasteiger partial charge in [0.1, 0.15) is 10.3 Å². The van der Waals surface area contributed by atoms with Crippen molar-refractivity contribution < 1.29 is 14.3 Å². The van der Waals surface area contributed by atoms with Crippen LogP contribution in [0.25, 0.3) is 21.9 Å². The van der Waals surface area contributed by atoms with E-state index in [0.717, 1.165) is 29.0 Å². The Bertz CT molecular complexity index is 1500. The van der Waals surface area contributed by atoms with Crippen LogP contribution < -0.4 is 19.7 Å². The quantitative estimate of drug-likeness (QED) is 0.353. The molecule has 2 aromatic carbocycles. The Kier molecular flexibility index (Phi) is 4.82. The van der Waals surface area contributed by atoms with Gasteiger partial charge in [-0.15, -0.1) is 5.10 Å². The number of thiazole rings is 1. The van der Waals surface area contributed by atoms with Gasteiger partial charge in [0.25, 0.3) is 11.5 Å². The van der Waals surface area contributed by atoms with Gasteiger partial charge in [0.15, 0.2) is 5.82 Å². The third-order valence-corrected chi connectivity index (χ3v) is 6.17. The zero-order chi connectivity index (χ0) is 22.4. The number of fused-ring (bicyclic) bond motifs is 2. The number of rotatable bonds is 4. The number of carbonyl (C=O) groups excluding carboxylic acids is 2. The fraction of sp³-hybridized carbons (Fsp3) is 0.174. The maximum absolute atomic E-state index is 13.2. The highest BCUT2D eigenvalue weighted by molar-refractivity contribution is 7.15. The molecular formula is C23H18N4O4S. The highest BCUT2D eigenvalue weighted by atomic mass is 32.1. The van der Waals surface area contributed by atoms with Gasteiger partial charge in [-0.1, -0.05) is 48.6 Å². The van der Waals surface area contributed by atoms with Crippen molar-refractivity contribution in [3.63, 3.8) is 0 Å². The van der Waals surface area contributed by atoms with Gasteiger partial charge < -0.3 is 9.64 Å². The molecule has 5 rings (SSSR count). The fourth-order valence-electron chi connectivity index (χ4n) is 3.84. The van der Waals surface area contributed by atoms with Crippen molar-refractivity contribution in [2.45, 2.75) is 20.3 Å². The molecule has 1 aliphatic heterocycles. The van der Waals surface area contributed by atoms with E-state index in [1.54, 1.807) is 29.2 Å². The molecule has 9 heteroatoms. The molecule has 0 N–H and O–H groups in total. The average molecular weight is 446 g/mol. The molecule has 0 saturated heterocycles. The first-order valence-corrected chi connectivity index (χ1v) is 10.9. The summed E-state index contributed by atoms with van der Waals surface area (Å²) in [6.45, 7) is 3.89. The van der Waals surface area contributed by atoms with Crippen molar-refractivity contribution in [3.8, 4) is 17.1 Å². The first-order valence-electron chi connectivity index (χ1n) is 10.1. The molecule has 0 atom stereocenters. The summed E-state index contributed by atoms with van der Waals surface area (Å²) in [6.07, 6.45) is 0.804.